The van der Waals surface area contributed by atoms with E-state index in [2.05, 4.69) is 9.46 Å². The van der Waals surface area contributed by atoms with E-state index in [0.29, 0.717) is 11.1 Å². The molecule has 0 aliphatic rings. The molecular weight excluding hydrogens is 270 g/mol. The molecule has 1 aromatic rings. The van der Waals surface area contributed by atoms with Crippen LogP contribution in [0.25, 0.3) is 0 Å². The van der Waals surface area contributed by atoms with Gasteiger partial charge in [0, 0.05) is 6.54 Å². The number of nitrogens with zero attached hydrogens (tertiary/aromatic N) is 1. The molecule has 1 rings (SSSR count). The average molecular weight is 283 g/mol. The van der Waals surface area contributed by atoms with E-state index in [1.54, 1.807) is 6.92 Å². The van der Waals surface area contributed by atoms with Gasteiger partial charge in [-0.1, -0.05) is 0 Å². The van der Waals surface area contributed by atoms with Crippen molar-refractivity contribution >= 4 is 16.1 Å². The number of hydrogen-bond acceptors (Lipinski definition) is 5. The number of hydrogen-bond donors (Lipinski definition) is 2. The topological polar surface area (TPSA) is 122 Å². The van der Waals surface area contributed by atoms with E-state index in [1.807, 2.05) is 6.07 Å². The number of sulfonamides is 1. The number of nitriles is 1. The molecule has 0 saturated heterocycles. The van der Waals surface area contributed by atoms with Gasteiger partial charge in [-0.15, -0.1) is 0 Å². The lowest BCUT2D eigenvalue weighted by Crippen LogP contribution is -2.29. The molecule has 0 fully saturated rings. The Bertz CT molecular complexity index is 619. The number of benzene rings is 1. The van der Waals surface area contributed by atoms with Crippen LogP contribution in [-0.4, -0.2) is 27.7 Å². The predicted octanol–water partition coefficient (Wildman–Crippen LogP) is 0.240. The highest BCUT2D eigenvalue weighted by Gasteiger charge is 2.14. The van der Waals surface area contributed by atoms with E-state index in [-0.39, 0.29) is 18.0 Å². The van der Waals surface area contributed by atoms with Gasteiger partial charge in [0.05, 0.1) is 16.5 Å². The molecule has 8 heteroatoms. The summed E-state index contributed by atoms with van der Waals surface area (Å²) in [6, 6.07) is 6.12. The van der Waals surface area contributed by atoms with Crippen LogP contribution in [0.2, 0.25) is 0 Å². The lowest BCUT2D eigenvalue weighted by atomic mass is 10.1. The molecule has 0 radical (unpaired) electrons. The second-order valence-electron chi connectivity index (χ2n) is 3.65. The van der Waals surface area contributed by atoms with E-state index in [1.165, 1.54) is 18.2 Å². The number of nitrogens with two attached hydrogens (primary N) is 1. The number of aryl methyl sites for hydroxylation is 1. The van der Waals surface area contributed by atoms with E-state index < -0.39 is 16.1 Å². The predicted molar refractivity (Wildman–Crippen MR) is 66.6 cm³/mol. The second kappa shape index (κ2) is 6.17. The van der Waals surface area contributed by atoms with E-state index in [9.17, 15) is 13.2 Å². The summed E-state index contributed by atoms with van der Waals surface area (Å²) in [5, 5.41) is 8.76. The third kappa shape index (κ3) is 4.24. The van der Waals surface area contributed by atoms with Crippen molar-refractivity contribution in [2.45, 2.75) is 11.8 Å². The lowest BCUT2D eigenvalue weighted by Gasteiger charge is -2.08. The molecule has 0 saturated carbocycles. The summed E-state index contributed by atoms with van der Waals surface area (Å²) in [4.78, 5) is 10.3. The quantitative estimate of drug-likeness (QED) is 0.749. The number of nitrogens with one attached hydrogen (secondary N) is 1. The molecule has 1 aromatic carbocycles. The third-order valence-corrected chi connectivity index (χ3v) is 3.73. The van der Waals surface area contributed by atoms with Crippen LogP contribution in [-0.2, 0) is 14.8 Å². The number of primary amides is 1. The monoisotopic (exact) mass is 283 g/mol. The number of rotatable bonds is 5. The number of carbonyl (C=O) groups excluding carboxylic acids is 1. The highest BCUT2D eigenvalue weighted by molar-refractivity contribution is 7.89. The molecule has 0 spiro atoms. The first-order valence-corrected chi connectivity index (χ1v) is 6.78. The molecule has 19 heavy (non-hydrogen) atoms. The fourth-order valence-electron chi connectivity index (χ4n) is 1.34. The molecule has 0 aromatic heterocycles. The zero-order chi connectivity index (χ0) is 14.5. The Morgan fingerprint density at radius 3 is 2.74 bits per heavy atom. The minimum atomic E-state index is -3.70. The highest BCUT2D eigenvalue weighted by atomic mass is 32.2. The Labute approximate surface area is 111 Å². The summed E-state index contributed by atoms with van der Waals surface area (Å²) < 4.78 is 30.4. The molecule has 3 N–H and O–H groups in total. The van der Waals surface area contributed by atoms with Crippen molar-refractivity contribution in [3.05, 3.63) is 29.3 Å². The van der Waals surface area contributed by atoms with Gasteiger partial charge in [-0.05, 0) is 30.7 Å². The van der Waals surface area contributed by atoms with E-state index in [0.717, 1.165) is 0 Å². The Morgan fingerprint density at radius 2 is 2.21 bits per heavy atom. The first kappa shape index (κ1) is 14.9. The van der Waals surface area contributed by atoms with Crippen molar-refractivity contribution in [2.75, 3.05) is 13.2 Å². The molecule has 0 unspecified atom stereocenters. The fourth-order valence-corrected chi connectivity index (χ4v) is 2.44. The van der Waals surface area contributed by atoms with Crippen molar-refractivity contribution in [3.8, 4) is 6.07 Å². The Hall–Kier alpha value is -2.11. The summed E-state index contributed by atoms with van der Waals surface area (Å²) in [5.41, 5.74) is 5.72. The summed E-state index contributed by atoms with van der Waals surface area (Å²) in [6.45, 7) is 1.42. The van der Waals surface area contributed by atoms with E-state index >= 15 is 0 Å². The summed E-state index contributed by atoms with van der Waals surface area (Å²) >= 11 is 0. The standard InChI is InChI=1S/C11H13N3O4S/c1-8-6-10(3-2-9(8)7-12)19(16,17)14-4-5-18-11(13)15/h2-3,6,14H,4-5H2,1H3,(H2,13,15). The van der Waals surface area contributed by atoms with Crippen molar-refractivity contribution in [1.29, 1.82) is 5.26 Å². The number of ether oxygens (including phenoxy) is 1. The van der Waals surface area contributed by atoms with Crippen LogP contribution < -0.4 is 10.5 Å². The zero-order valence-corrected chi connectivity index (χ0v) is 11.0. The van der Waals surface area contributed by atoms with Crippen LogP contribution in [0.3, 0.4) is 0 Å². The fraction of sp³-hybridized carbons (Fsp3) is 0.273. The Balaban J connectivity index is 2.75. The maximum Gasteiger partial charge on any atom is 0.404 e. The minimum absolute atomic E-state index is 0.0445. The van der Waals surface area contributed by atoms with Crippen LogP contribution in [0.1, 0.15) is 11.1 Å². The van der Waals surface area contributed by atoms with Crippen LogP contribution >= 0.6 is 0 Å². The van der Waals surface area contributed by atoms with Crippen molar-refractivity contribution < 1.29 is 17.9 Å². The first-order chi connectivity index (χ1) is 8.86. The maximum absolute atomic E-state index is 11.9. The van der Waals surface area contributed by atoms with Crippen LogP contribution in [0.15, 0.2) is 23.1 Å². The SMILES string of the molecule is Cc1cc(S(=O)(=O)NCCOC(N)=O)ccc1C#N. The molecule has 0 aliphatic carbocycles. The minimum Gasteiger partial charge on any atom is -0.448 e. The molecule has 102 valence electrons. The van der Waals surface area contributed by atoms with Gasteiger partial charge in [-0.25, -0.2) is 17.9 Å². The molecular formula is C11H13N3O4S. The summed E-state index contributed by atoms with van der Waals surface area (Å²) in [6.07, 6.45) is -0.964. The van der Waals surface area contributed by atoms with Crippen molar-refractivity contribution in [2.24, 2.45) is 5.73 Å². The molecule has 0 aliphatic heterocycles. The van der Waals surface area contributed by atoms with Gasteiger partial charge in [0.1, 0.15) is 6.61 Å². The van der Waals surface area contributed by atoms with Gasteiger partial charge in [-0.3, -0.25) is 0 Å². The zero-order valence-electron chi connectivity index (χ0n) is 10.2. The molecule has 1 amide bonds. The van der Waals surface area contributed by atoms with E-state index in [4.69, 9.17) is 11.0 Å². The van der Waals surface area contributed by atoms with Crippen LogP contribution in [0, 0.1) is 18.3 Å². The summed E-state index contributed by atoms with van der Waals surface area (Å²) in [5.74, 6) is 0. The molecule has 7 nitrogen and oxygen atoms in total. The van der Waals surface area contributed by atoms with Crippen LogP contribution in [0.4, 0.5) is 4.79 Å². The van der Waals surface area contributed by atoms with Gasteiger partial charge >= 0.3 is 6.09 Å². The molecule has 0 bridgehead atoms. The van der Waals surface area contributed by atoms with Gasteiger partial charge in [0.2, 0.25) is 10.0 Å². The third-order valence-electron chi connectivity index (χ3n) is 2.27. The van der Waals surface area contributed by atoms with Crippen molar-refractivity contribution in [1.82, 2.24) is 4.72 Å². The molecule has 0 atom stereocenters. The van der Waals surface area contributed by atoms with Gasteiger partial charge < -0.3 is 10.5 Å². The van der Waals surface area contributed by atoms with Crippen LogP contribution in [0.5, 0.6) is 0 Å². The van der Waals surface area contributed by atoms with Gasteiger partial charge in [-0.2, -0.15) is 5.26 Å². The second-order valence-corrected chi connectivity index (χ2v) is 5.42. The van der Waals surface area contributed by atoms with Gasteiger partial charge in [0.25, 0.3) is 0 Å². The number of carbonyl (C=O) groups is 1. The maximum atomic E-state index is 11.9. The highest BCUT2D eigenvalue weighted by Crippen LogP contribution is 2.14. The van der Waals surface area contributed by atoms with Gasteiger partial charge in [0.15, 0.2) is 0 Å². The Morgan fingerprint density at radius 1 is 1.53 bits per heavy atom. The summed E-state index contributed by atoms with van der Waals surface area (Å²) in [7, 11) is -3.70. The molecule has 0 heterocycles. The average Bonchev–Trinajstić information content (AvgIpc) is 2.34. The first-order valence-electron chi connectivity index (χ1n) is 5.29. The number of amides is 1. The lowest BCUT2D eigenvalue weighted by molar-refractivity contribution is 0.159. The van der Waals surface area contributed by atoms with Crippen molar-refractivity contribution in [3.63, 3.8) is 0 Å². The largest absolute Gasteiger partial charge is 0.448 e. The Kier molecular flexibility index (Phi) is 4.86. The smallest absolute Gasteiger partial charge is 0.404 e. The normalized spacial score (nSPS) is 10.7.